The highest BCUT2D eigenvalue weighted by atomic mass is 16.5. The van der Waals surface area contributed by atoms with Gasteiger partial charge in [-0.2, -0.15) is 0 Å². The van der Waals surface area contributed by atoms with Crippen LogP contribution in [0.5, 0.6) is 11.5 Å². The van der Waals surface area contributed by atoms with Crippen molar-refractivity contribution in [2.75, 3.05) is 26.1 Å². The molecule has 2 aromatic rings. The summed E-state index contributed by atoms with van der Waals surface area (Å²) >= 11 is 0. The van der Waals surface area contributed by atoms with E-state index in [0.29, 0.717) is 29.8 Å². The van der Waals surface area contributed by atoms with Gasteiger partial charge in [0, 0.05) is 36.5 Å². The summed E-state index contributed by atoms with van der Waals surface area (Å²) in [6.45, 7) is 1.17. The van der Waals surface area contributed by atoms with E-state index in [1.54, 1.807) is 32.4 Å². The number of methoxy groups -OCH3 is 2. The van der Waals surface area contributed by atoms with E-state index >= 15 is 0 Å². The number of carbonyl (C=O) groups excluding carboxylic acids is 1. The van der Waals surface area contributed by atoms with Gasteiger partial charge in [0.25, 0.3) is 0 Å². The second-order valence-electron chi connectivity index (χ2n) is 6.27. The molecule has 0 bridgehead atoms. The predicted octanol–water partition coefficient (Wildman–Crippen LogP) is 3.31. The minimum Gasteiger partial charge on any atom is -0.497 e. The summed E-state index contributed by atoms with van der Waals surface area (Å²) in [6.07, 6.45) is 2.32. The third-order valence-corrected chi connectivity index (χ3v) is 4.27. The standard InChI is InChI=1S/C20H24N2O3/c1-24-18-10-16(11-19(12-18)25-2)21-20(23)14-22(17-8-9-17)13-15-6-4-3-5-7-15/h3-7,10-12,17H,8-9,13-14H2,1-2H3,(H,21,23). The van der Waals surface area contributed by atoms with Crippen LogP contribution in [0.15, 0.2) is 48.5 Å². The average molecular weight is 340 g/mol. The molecule has 5 heteroatoms. The van der Waals surface area contributed by atoms with Crippen molar-refractivity contribution in [3.8, 4) is 11.5 Å². The molecule has 3 rings (SSSR count). The molecule has 0 unspecified atom stereocenters. The first-order valence-corrected chi connectivity index (χ1v) is 8.49. The predicted molar refractivity (Wildman–Crippen MR) is 98.0 cm³/mol. The lowest BCUT2D eigenvalue weighted by molar-refractivity contribution is -0.117. The highest BCUT2D eigenvalue weighted by Gasteiger charge is 2.30. The first-order valence-electron chi connectivity index (χ1n) is 8.49. The second-order valence-corrected chi connectivity index (χ2v) is 6.27. The summed E-state index contributed by atoms with van der Waals surface area (Å²) in [5.41, 5.74) is 1.90. The molecule has 1 N–H and O–H groups in total. The molecule has 1 aliphatic carbocycles. The topological polar surface area (TPSA) is 50.8 Å². The Morgan fingerprint density at radius 2 is 1.72 bits per heavy atom. The maximum Gasteiger partial charge on any atom is 0.238 e. The number of carbonyl (C=O) groups is 1. The average Bonchev–Trinajstić information content (AvgIpc) is 3.46. The zero-order chi connectivity index (χ0) is 17.6. The highest BCUT2D eigenvalue weighted by Crippen LogP contribution is 2.29. The van der Waals surface area contributed by atoms with Crippen molar-refractivity contribution in [2.45, 2.75) is 25.4 Å². The number of hydrogen-bond donors (Lipinski definition) is 1. The van der Waals surface area contributed by atoms with Gasteiger partial charge in [-0.15, -0.1) is 0 Å². The molecule has 132 valence electrons. The highest BCUT2D eigenvalue weighted by molar-refractivity contribution is 5.92. The largest absolute Gasteiger partial charge is 0.497 e. The third kappa shape index (κ3) is 4.97. The van der Waals surface area contributed by atoms with Gasteiger partial charge in [-0.25, -0.2) is 0 Å². The van der Waals surface area contributed by atoms with Crippen molar-refractivity contribution < 1.29 is 14.3 Å². The number of ether oxygens (including phenoxy) is 2. The Hall–Kier alpha value is -2.53. The number of nitrogens with one attached hydrogen (secondary N) is 1. The van der Waals surface area contributed by atoms with E-state index in [-0.39, 0.29) is 5.91 Å². The summed E-state index contributed by atoms with van der Waals surface area (Å²) in [5, 5.41) is 2.95. The molecule has 0 aliphatic heterocycles. The van der Waals surface area contributed by atoms with E-state index in [2.05, 4.69) is 22.3 Å². The molecule has 25 heavy (non-hydrogen) atoms. The lowest BCUT2D eigenvalue weighted by atomic mass is 10.2. The molecule has 0 aromatic heterocycles. The van der Waals surface area contributed by atoms with Gasteiger partial charge >= 0.3 is 0 Å². The van der Waals surface area contributed by atoms with Gasteiger partial charge in [-0.3, -0.25) is 9.69 Å². The van der Waals surface area contributed by atoms with Crippen LogP contribution < -0.4 is 14.8 Å². The molecule has 5 nitrogen and oxygen atoms in total. The Bertz CT molecular complexity index is 692. The lowest BCUT2D eigenvalue weighted by Crippen LogP contribution is -2.34. The first kappa shape index (κ1) is 17.3. The molecular formula is C20H24N2O3. The van der Waals surface area contributed by atoms with Crippen LogP contribution in [0.3, 0.4) is 0 Å². The summed E-state index contributed by atoms with van der Waals surface area (Å²) in [7, 11) is 3.18. The SMILES string of the molecule is COc1cc(NC(=O)CN(Cc2ccccc2)C2CC2)cc(OC)c1. The molecule has 1 amide bonds. The smallest absolute Gasteiger partial charge is 0.238 e. The second kappa shape index (κ2) is 8.03. The van der Waals surface area contributed by atoms with Crippen LogP contribution in [0.4, 0.5) is 5.69 Å². The zero-order valence-corrected chi connectivity index (χ0v) is 14.7. The van der Waals surface area contributed by atoms with Crippen LogP contribution in [0.1, 0.15) is 18.4 Å². The van der Waals surface area contributed by atoms with E-state index in [4.69, 9.17) is 9.47 Å². The van der Waals surface area contributed by atoms with Gasteiger partial charge in [-0.1, -0.05) is 30.3 Å². The van der Waals surface area contributed by atoms with Crippen molar-refractivity contribution in [3.63, 3.8) is 0 Å². The van der Waals surface area contributed by atoms with Gasteiger partial charge in [0.1, 0.15) is 11.5 Å². The van der Waals surface area contributed by atoms with Gasteiger partial charge in [0.05, 0.1) is 20.8 Å². The van der Waals surface area contributed by atoms with Crippen molar-refractivity contribution in [2.24, 2.45) is 0 Å². The molecule has 2 aromatic carbocycles. The van der Waals surface area contributed by atoms with E-state index in [9.17, 15) is 4.79 Å². The van der Waals surface area contributed by atoms with E-state index < -0.39 is 0 Å². The zero-order valence-electron chi connectivity index (χ0n) is 14.7. The van der Waals surface area contributed by atoms with Crippen molar-refractivity contribution in [3.05, 3.63) is 54.1 Å². The molecule has 1 aliphatic rings. The maximum atomic E-state index is 12.5. The number of nitrogens with zero attached hydrogens (tertiary/aromatic N) is 1. The van der Waals surface area contributed by atoms with Crippen molar-refractivity contribution in [1.29, 1.82) is 0 Å². The van der Waals surface area contributed by atoms with E-state index in [0.717, 1.165) is 19.4 Å². The molecule has 0 radical (unpaired) electrons. The molecular weight excluding hydrogens is 316 g/mol. The molecule has 0 saturated heterocycles. The van der Waals surface area contributed by atoms with Gasteiger partial charge in [0.15, 0.2) is 0 Å². The van der Waals surface area contributed by atoms with E-state index in [1.165, 1.54) is 5.56 Å². The van der Waals surface area contributed by atoms with Crippen molar-refractivity contribution in [1.82, 2.24) is 4.90 Å². The number of anilines is 1. The van der Waals surface area contributed by atoms with Crippen LogP contribution in [0, 0.1) is 0 Å². The Balaban J connectivity index is 1.64. The molecule has 0 heterocycles. The van der Waals surface area contributed by atoms with Crippen LogP contribution >= 0.6 is 0 Å². The summed E-state index contributed by atoms with van der Waals surface area (Å²) in [4.78, 5) is 14.7. The third-order valence-electron chi connectivity index (χ3n) is 4.27. The van der Waals surface area contributed by atoms with Crippen molar-refractivity contribution >= 4 is 11.6 Å². The minimum absolute atomic E-state index is 0.0295. The Morgan fingerprint density at radius 1 is 1.08 bits per heavy atom. The van der Waals surface area contributed by atoms with Gasteiger partial charge < -0.3 is 14.8 Å². The first-order chi connectivity index (χ1) is 12.2. The van der Waals surface area contributed by atoms with Crippen LogP contribution in [0.25, 0.3) is 0 Å². The monoisotopic (exact) mass is 340 g/mol. The van der Waals surface area contributed by atoms with Crippen LogP contribution in [-0.2, 0) is 11.3 Å². The quantitative estimate of drug-likeness (QED) is 0.801. The lowest BCUT2D eigenvalue weighted by Gasteiger charge is -2.21. The summed E-state index contributed by atoms with van der Waals surface area (Å²) in [5.74, 6) is 1.27. The van der Waals surface area contributed by atoms with Gasteiger partial charge in [0.2, 0.25) is 5.91 Å². The molecule has 0 atom stereocenters. The van der Waals surface area contributed by atoms with E-state index in [1.807, 2.05) is 18.2 Å². The molecule has 1 saturated carbocycles. The van der Waals surface area contributed by atoms with Crippen LogP contribution in [0.2, 0.25) is 0 Å². The molecule has 0 spiro atoms. The number of amides is 1. The summed E-state index contributed by atoms with van der Waals surface area (Å²) in [6, 6.07) is 16.1. The summed E-state index contributed by atoms with van der Waals surface area (Å²) < 4.78 is 10.5. The minimum atomic E-state index is -0.0295. The Kier molecular flexibility index (Phi) is 5.56. The van der Waals surface area contributed by atoms with Gasteiger partial charge in [-0.05, 0) is 18.4 Å². The van der Waals surface area contributed by atoms with Crippen LogP contribution in [-0.4, -0.2) is 37.6 Å². The normalized spacial score (nSPS) is 13.6. The number of benzene rings is 2. The Labute approximate surface area is 148 Å². The fourth-order valence-electron chi connectivity index (χ4n) is 2.84. The maximum absolute atomic E-state index is 12.5. The number of rotatable bonds is 8. The Morgan fingerprint density at radius 3 is 2.28 bits per heavy atom. The molecule has 1 fully saturated rings. The number of hydrogen-bond acceptors (Lipinski definition) is 4. The fraction of sp³-hybridized carbons (Fsp3) is 0.350. The fourth-order valence-corrected chi connectivity index (χ4v) is 2.84.